The molecular formula is C15H14ClF2NO2. The van der Waals surface area contributed by atoms with Crippen molar-refractivity contribution in [3.05, 3.63) is 58.1 Å². The molecule has 0 aliphatic heterocycles. The quantitative estimate of drug-likeness (QED) is 0.936. The molecule has 1 atom stereocenters. The molecule has 0 fully saturated rings. The molecule has 0 saturated carbocycles. The predicted octanol–water partition coefficient (Wildman–Crippen LogP) is 3.68. The van der Waals surface area contributed by atoms with Crippen LogP contribution < -0.4 is 15.2 Å². The third kappa shape index (κ3) is 2.94. The van der Waals surface area contributed by atoms with Crippen molar-refractivity contribution >= 4 is 11.6 Å². The molecule has 112 valence electrons. The Morgan fingerprint density at radius 3 is 2.10 bits per heavy atom. The molecule has 21 heavy (non-hydrogen) atoms. The minimum Gasteiger partial charge on any atom is -0.493 e. The number of rotatable bonds is 4. The van der Waals surface area contributed by atoms with E-state index in [1.54, 1.807) is 0 Å². The molecule has 0 bridgehead atoms. The Bertz CT molecular complexity index is 644. The number of methoxy groups -OCH3 is 2. The zero-order valence-electron chi connectivity index (χ0n) is 11.5. The first-order valence-electron chi connectivity index (χ1n) is 6.10. The lowest BCUT2D eigenvalue weighted by atomic mass is 9.98. The molecule has 0 radical (unpaired) electrons. The van der Waals surface area contributed by atoms with Crippen LogP contribution >= 0.6 is 11.6 Å². The Morgan fingerprint density at radius 2 is 1.57 bits per heavy atom. The van der Waals surface area contributed by atoms with Crippen LogP contribution in [0.15, 0.2) is 30.3 Å². The van der Waals surface area contributed by atoms with Crippen molar-refractivity contribution in [1.29, 1.82) is 0 Å². The lowest BCUT2D eigenvalue weighted by molar-refractivity contribution is 0.354. The van der Waals surface area contributed by atoms with Crippen molar-refractivity contribution in [3.8, 4) is 11.5 Å². The van der Waals surface area contributed by atoms with Gasteiger partial charge in [-0.1, -0.05) is 17.7 Å². The van der Waals surface area contributed by atoms with E-state index in [4.69, 9.17) is 26.8 Å². The van der Waals surface area contributed by atoms with Crippen LogP contribution in [-0.4, -0.2) is 14.2 Å². The smallest absolute Gasteiger partial charge is 0.162 e. The molecule has 6 heteroatoms. The molecule has 0 spiro atoms. The highest BCUT2D eigenvalue weighted by molar-refractivity contribution is 6.31. The van der Waals surface area contributed by atoms with Crippen LogP contribution in [0.25, 0.3) is 0 Å². The first-order valence-corrected chi connectivity index (χ1v) is 6.48. The van der Waals surface area contributed by atoms with Crippen molar-refractivity contribution in [2.24, 2.45) is 5.73 Å². The van der Waals surface area contributed by atoms with E-state index < -0.39 is 17.7 Å². The highest BCUT2D eigenvalue weighted by atomic mass is 35.5. The van der Waals surface area contributed by atoms with Gasteiger partial charge in [0.25, 0.3) is 0 Å². The highest BCUT2D eigenvalue weighted by Crippen LogP contribution is 2.37. The summed E-state index contributed by atoms with van der Waals surface area (Å²) in [6.07, 6.45) is 0. The second-order valence-electron chi connectivity index (χ2n) is 4.34. The maximum atomic E-state index is 13.8. The first-order chi connectivity index (χ1) is 9.99. The maximum absolute atomic E-state index is 13.8. The van der Waals surface area contributed by atoms with Gasteiger partial charge in [-0.15, -0.1) is 0 Å². The number of hydrogen-bond donors (Lipinski definition) is 1. The second kappa shape index (κ2) is 6.28. The Kier molecular flexibility index (Phi) is 4.65. The van der Waals surface area contributed by atoms with Crippen LogP contribution in [0.3, 0.4) is 0 Å². The van der Waals surface area contributed by atoms with E-state index in [9.17, 15) is 8.78 Å². The molecule has 0 aliphatic rings. The summed E-state index contributed by atoms with van der Waals surface area (Å²) >= 11 is 6.13. The molecule has 2 aromatic rings. The zero-order valence-corrected chi connectivity index (χ0v) is 12.2. The van der Waals surface area contributed by atoms with Gasteiger partial charge >= 0.3 is 0 Å². The van der Waals surface area contributed by atoms with Crippen molar-refractivity contribution in [2.75, 3.05) is 14.2 Å². The first kappa shape index (κ1) is 15.5. The lowest BCUT2D eigenvalue weighted by Gasteiger charge is -2.18. The van der Waals surface area contributed by atoms with Crippen LogP contribution in [0.4, 0.5) is 8.78 Å². The van der Waals surface area contributed by atoms with Gasteiger partial charge in [-0.05, 0) is 23.8 Å². The van der Waals surface area contributed by atoms with Crippen molar-refractivity contribution in [2.45, 2.75) is 6.04 Å². The van der Waals surface area contributed by atoms with Crippen LogP contribution in [0.5, 0.6) is 11.5 Å². The fourth-order valence-electron chi connectivity index (χ4n) is 2.07. The number of benzene rings is 2. The summed E-state index contributed by atoms with van der Waals surface area (Å²) in [5.41, 5.74) is 6.07. The summed E-state index contributed by atoms with van der Waals surface area (Å²) in [4.78, 5) is 0. The van der Waals surface area contributed by atoms with E-state index in [-0.39, 0.29) is 10.6 Å². The maximum Gasteiger partial charge on any atom is 0.162 e. The van der Waals surface area contributed by atoms with E-state index >= 15 is 0 Å². The third-order valence-electron chi connectivity index (χ3n) is 3.15. The van der Waals surface area contributed by atoms with Crippen LogP contribution in [0.1, 0.15) is 17.2 Å². The van der Waals surface area contributed by atoms with Gasteiger partial charge < -0.3 is 15.2 Å². The van der Waals surface area contributed by atoms with E-state index in [0.717, 1.165) is 12.1 Å². The molecule has 0 aromatic heterocycles. The van der Waals surface area contributed by atoms with Crippen molar-refractivity contribution in [1.82, 2.24) is 0 Å². The summed E-state index contributed by atoms with van der Waals surface area (Å²) in [5, 5.41) is 0.239. The third-order valence-corrected chi connectivity index (χ3v) is 3.48. The summed E-state index contributed by atoms with van der Waals surface area (Å²) in [6, 6.07) is 5.52. The molecular weight excluding hydrogens is 300 g/mol. The van der Waals surface area contributed by atoms with Crippen LogP contribution in [-0.2, 0) is 0 Å². The summed E-state index contributed by atoms with van der Waals surface area (Å²) in [5.74, 6) is -0.668. The van der Waals surface area contributed by atoms with Gasteiger partial charge in [-0.25, -0.2) is 8.78 Å². The summed E-state index contributed by atoms with van der Waals surface area (Å²) in [7, 11) is 2.91. The topological polar surface area (TPSA) is 44.5 Å². The van der Waals surface area contributed by atoms with Gasteiger partial charge in [0.05, 0.1) is 20.3 Å². The molecule has 3 nitrogen and oxygen atoms in total. The minimum atomic E-state index is -1.06. The molecule has 0 saturated heterocycles. The number of nitrogens with two attached hydrogens (primary N) is 1. The number of hydrogen-bond acceptors (Lipinski definition) is 3. The number of ether oxygens (including phenoxy) is 2. The SMILES string of the molecule is COc1cc(Cl)c(C(N)c2c(F)cccc2F)cc1OC. The highest BCUT2D eigenvalue weighted by Gasteiger charge is 2.22. The fourth-order valence-corrected chi connectivity index (χ4v) is 2.34. The minimum absolute atomic E-state index is 0.239. The molecule has 2 N–H and O–H groups in total. The van der Waals surface area contributed by atoms with Gasteiger partial charge in [0.15, 0.2) is 11.5 Å². The van der Waals surface area contributed by atoms with Crippen LogP contribution in [0, 0.1) is 11.6 Å². The van der Waals surface area contributed by atoms with Crippen LogP contribution in [0.2, 0.25) is 5.02 Å². The lowest BCUT2D eigenvalue weighted by Crippen LogP contribution is -2.16. The largest absolute Gasteiger partial charge is 0.493 e. The molecule has 1 unspecified atom stereocenters. The molecule has 0 aliphatic carbocycles. The van der Waals surface area contributed by atoms with Crippen molar-refractivity contribution < 1.29 is 18.3 Å². The van der Waals surface area contributed by atoms with Gasteiger partial charge in [-0.3, -0.25) is 0 Å². The fraction of sp³-hybridized carbons (Fsp3) is 0.200. The van der Waals surface area contributed by atoms with E-state index in [0.29, 0.717) is 17.1 Å². The molecule has 2 rings (SSSR count). The van der Waals surface area contributed by atoms with E-state index in [1.807, 2.05) is 0 Å². The monoisotopic (exact) mass is 313 g/mol. The Morgan fingerprint density at radius 1 is 1.05 bits per heavy atom. The zero-order chi connectivity index (χ0) is 15.6. The van der Waals surface area contributed by atoms with Crippen molar-refractivity contribution in [3.63, 3.8) is 0 Å². The standard InChI is InChI=1S/C15H14ClF2NO2/c1-20-12-6-8(9(16)7-13(12)21-2)15(19)14-10(17)4-3-5-11(14)18/h3-7,15H,19H2,1-2H3. The average Bonchev–Trinajstić information content (AvgIpc) is 2.46. The summed E-state index contributed by atoms with van der Waals surface area (Å²) < 4.78 is 37.9. The van der Waals surface area contributed by atoms with E-state index in [2.05, 4.69) is 0 Å². The molecule has 2 aromatic carbocycles. The van der Waals surface area contributed by atoms with Gasteiger partial charge in [0.1, 0.15) is 11.6 Å². The Labute approximate surface area is 126 Å². The predicted molar refractivity (Wildman–Crippen MR) is 76.9 cm³/mol. The molecule has 0 heterocycles. The summed E-state index contributed by atoms with van der Waals surface area (Å²) in [6.45, 7) is 0. The van der Waals surface area contributed by atoms with Gasteiger partial charge in [0.2, 0.25) is 0 Å². The number of halogens is 3. The Balaban J connectivity index is 2.56. The average molecular weight is 314 g/mol. The second-order valence-corrected chi connectivity index (χ2v) is 4.75. The van der Waals surface area contributed by atoms with Gasteiger partial charge in [-0.2, -0.15) is 0 Å². The normalized spacial score (nSPS) is 12.1. The molecule has 0 amide bonds. The van der Waals surface area contributed by atoms with Gasteiger partial charge in [0, 0.05) is 16.7 Å². The Hall–Kier alpha value is -1.85. The van der Waals surface area contributed by atoms with E-state index in [1.165, 1.54) is 32.4 Å².